The van der Waals surface area contributed by atoms with Crippen LogP contribution in [0.2, 0.25) is 0 Å². The summed E-state index contributed by atoms with van der Waals surface area (Å²) in [5.41, 5.74) is 8.08. The summed E-state index contributed by atoms with van der Waals surface area (Å²) in [6, 6.07) is 14.1. The Kier molecular flexibility index (Phi) is 10.3. The van der Waals surface area contributed by atoms with Gasteiger partial charge in [-0.05, 0) is 24.5 Å². The Hall–Kier alpha value is -3.35. The van der Waals surface area contributed by atoms with Gasteiger partial charge in [0.2, 0.25) is 18.0 Å². The number of thioether (sulfide) groups is 1. The second-order valence-corrected chi connectivity index (χ2v) is 9.99. The number of hydrogen-bond donors (Lipinski definition) is 4. The number of rotatable bonds is 11. The lowest BCUT2D eigenvalue weighted by Crippen LogP contribution is -2.55. The average molecular weight is 558 g/mol. The predicted molar refractivity (Wildman–Crippen MR) is 152 cm³/mol. The number of carbonyl (C=O) groups excluding carboxylic acids is 3. The topological polar surface area (TPSA) is 145 Å². The highest BCUT2D eigenvalue weighted by molar-refractivity contribution is 7.98. The van der Waals surface area contributed by atoms with Gasteiger partial charge in [-0.2, -0.15) is 24.4 Å². The van der Waals surface area contributed by atoms with E-state index in [2.05, 4.69) is 17.9 Å². The van der Waals surface area contributed by atoms with Crippen molar-refractivity contribution in [3.63, 3.8) is 0 Å². The Labute approximate surface area is 231 Å². The quantitative estimate of drug-likeness (QED) is 0.304. The van der Waals surface area contributed by atoms with Crippen LogP contribution in [0.1, 0.15) is 17.5 Å². The molecule has 0 saturated carbocycles. The lowest BCUT2D eigenvalue weighted by molar-refractivity contribution is -0.142. The minimum Gasteiger partial charge on any atom is -0.480 e. The van der Waals surface area contributed by atoms with Crippen molar-refractivity contribution in [2.24, 2.45) is 10.7 Å². The Morgan fingerprint density at radius 1 is 1.18 bits per heavy atom. The van der Waals surface area contributed by atoms with Crippen LogP contribution >= 0.6 is 24.4 Å². The van der Waals surface area contributed by atoms with Crippen molar-refractivity contribution in [3.8, 4) is 0 Å². The number of carbonyl (C=O) groups is 4. The number of fused-ring (bicyclic) bond motifs is 1. The molecule has 2 aromatic carbocycles. The fourth-order valence-corrected chi connectivity index (χ4v) is 4.62. The first-order chi connectivity index (χ1) is 18.2. The Balaban J connectivity index is 2.07. The van der Waals surface area contributed by atoms with Crippen LogP contribution in [0.4, 0.5) is 5.69 Å². The number of benzene rings is 2. The van der Waals surface area contributed by atoms with Crippen LogP contribution in [0.5, 0.6) is 0 Å². The summed E-state index contributed by atoms with van der Waals surface area (Å²) < 4.78 is 0. The van der Waals surface area contributed by atoms with E-state index < -0.39 is 48.5 Å². The number of hydrogen-bond acceptors (Lipinski definition) is 8. The number of nitrogens with zero attached hydrogens (tertiary/aromatic N) is 3. The zero-order valence-corrected chi connectivity index (χ0v) is 22.8. The van der Waals surface area contributed by atoms with E-state index in [0.29, 0.717) is 28.3 Å². The number of carboxylic acids is 1. The second-order valence-electron chi connectivity index (χ2n) is 8.64. The molecule has 12 heteroatoms. The summed E-state index contributed by atoms with van der Waals surface area (Å²) in [6.07, 6.45) is 0.751. The summed E-state index contributed by atoms with van der Waals surface area (Å²) in [5.74, 6) is -2.36. The molecule has 4 N–H and O–H groups in total. The van der Waals surface area contributed by atoms with E-state index in [1.807, 2.05) is 36.6 Å². The number of thiol groups is 1. The number of anilines is 1. The summed E-state index contributed by atoms with van der Waals surface area (Å²) in [4.78, 5) is 58.7. The van der Waals surface area contributed by atoms with Gasteiger partial charge in [0.25, 0.3) is 5.91 Å². The number of benzodiazepines with no additional fused rings is 1. The number of amides is 3. The number of aliphatic imine (C=N–C) groups is 1. The van der Waals surface area contributed by atoms with Gasteiger partial charge in [0.05, 0.1) is 17.4 Å². The molecule has 1 heterocycles. The third-order valence-corrected chi connectivity index (χ3v) is 7.05. The van der Waals surface area contributed by atoms with Gasteiger partial charge in [0.15, 0.2) is 0 Å². The molecule has 0 radical (unpaired) electrons. The van der Waals surface area contributed by atoms with E-state index in [9.17, 15) is 24.3 Å². The summed E-state index contributed by atoms with van der Waals surface area (Å²) >= 11 is 5.57. The van der Waals surface area contributed by atoms with E-state index in [-0.39, 0.29) is 12.2 Å². The van der Waals surface area contributed by atoms with Crippen LogP contribution in [0.25, 0.3) is 0 Å². The normalized spacial score (nSPS) is 16.5. The van der Waals surface area contributed by atoms with E-state index in [1.54, 1.807) is 24.3 Å². The number of nitrogens with two attached hydrogens (primary N) is 1. The lowest BCUT2D eigenvalue weighted by atomic mass is 10.0. The zero-order valence-electron chi connectivity index (χ0n) is 21.1. The molecule has 38 heavy (non-hydrogen) atoms. The zero-order chi connectivity index (χ0) is 27.8. The number of para-hydroxylation sites is 1. The molecule has 0 aromatic heterocycles. The number of carboxylic acid groups (broad SMARTS) is 1. The highest BCUT2D eigenvalue weighted by Gasteiger charge is 2.38. The van der Waals surface area contributed by atoms with E-state index >= 15 is 0 Å². The summed E-state index contributed by atoms with van der Waals surface area (Å²) in [5, 5.41) is 12.1. The fraction of sp³-hybridized carbons (Fsp3) is 0.346. The predicted octanol–water partition coefficient (Wildman–Crippen LogP) is 1.23. The average Bonchev–Trinajstić information content (AvgIpc) is 3.04. The van der Waals surface area contributed by atoms with Crippen molar-refractivity contribution < 1.29 is 24.3 Å². The molecule has 0 spiro atoms. The maximum Gasteiger partial charge on any atom is 0.326 e. The molecule has 1 aliphatic rings. The molecule has 3 atom stereocenters. The van der Waals surface area contributed by atoms with Crippen LogP contribution in [0.3, 0.4) is 0 Å². The first kappa shape index (κ1) is 29.2. The minimum absolute atomic E-state index is 0.0678. The number of likely N-dealkylation sites (N-methyl/N-ethyl adjacent to an activating group) is 1. The number of nitrogens with one attached hydrogen (secondary N) is 1. The lowest BCUT2D eigenvalue weighted by Gasteiger charge is -2.30. The van der Waals surface area contributed by atoms with Crippen molar-refractivity contribution in [2.75, 3.05) is 36.3 Å². The van der Waals surface area contributed by atoms with Gasteiger partial charge in [-0.15, -0.1) is 0 Å². The van der Waals surface area contributed by atoms with Gasteiger partial charge in [0.1, 0.15) is 12.6 Å². The van der Waals surface area contributed by atoms with Gasteiger partial charge in [0, 0.05) is 23.9 Å². The Morgan fingerprint density at radius 3 is 2.47 bits per heavy atom. The molecular weight excluding hydrogens is 526 g/mol. The van der Waals surface area contributed by atoms with Crippen LogP contribution in [0.15, 0.2) is 59.6 Å². The first-order valence-corrected chi connectivity index (χ1v) is 13.9. The van der Waals surface area contributed by atoms with Gasteiger partial charge >= 0.3 is 5.97 Å². The van der Waals surface area contributed by atoms with Gasteiger partial charge < -0.3 is 21.1 Å². The van der Waals surface area contributed by atoms with Crippen molar-refractivity contribution in [2.45, 2.75) is 24.7 Å². The molecule has 0 unspecified atom stereocenters. The van der Waals surface area contributed by atoms with Crippen LogP contribution in [0, 0.1) is 0 Å². The Morgan fingerprint density at radius 2 is 1.84 bits per heavy atom. The monoisotopic (exact) mass is 557 g/mol. The molecular formula is C26H31N5O5S2. The van der Waals surface area contributed by atoms with Gasteiger partial charge in [-0.1, -0.05) is 48.5 Å². The van der Waals surface area contributed by atoms with Gasteiger partial charge in [-0.3, -0.25) is 19.3 Å². The minimum atomic E-state index is -1.32. The Bertz CT molecular complexity index is 1210. The smallest absolute Gasteiger partial charge is 0.326 e. The molecule has 202 valence electrons. The first-order valence-electron chi connectivity index (χ1n) is 11.9. The highest BCUT2D eigenvalue weighted by Crippen LogP contribution is 2.29. The highest BCUT2D eigenvalue weighted by atomic mass is 32.2. The van der Waals surface area contributed by atoms with Gasteiger partial charge in [-0.25, -0.2) is 9.79 Å². The van der Waals surface area contributed by atoms with Crippen LogP contribution < -0.4 is 16.0 Å². The second kappa shape index (κ2) is 13.4. The van der Waals surface area contributed by atoms with Crippen molar-refractivity contribution >= 4 is 59.5 Å². The standard InChI is InChI=1S/C26H31N5O5S2/c1-30(24(33)18(27)15-37)23-25(34)31(14-21(32)28-19(26(35)36)12-13-38-2)20-11-7-6-10-17(20)22(29-23)16-8-4-3-5-9-16/h3-11,18-19,23,37H,12-15,27H2,1-2H3,(H,28,32)(H,35,36)/t18-,19-,23-/m0/s1. The largest absolute Gasteiger partial charge is 0.480 e. The van der Waals surface area contributed by atoms with Crippen LogP contribution in [-0.2, 0) is 19.2 Å². The third-order valence-electron chi connectivity index (χ3n) is 6.01. The van der Waals surface area contributed by atoms with E-state index in [4.69, 9.17) is 10.7 Å². The molecule has 3 rings (SSSR count). The molecule has 0 saturated heterocycles. The molecule has 3 amide bonds. The molecule has 2 aromatic rings. The number of aliphatic carboxylic acids is 1. The molecule has 0 fully saturated rings. The third kappa shape index (κ3) is 6.74. The van der Waals surface area contributed by atoms with Crippen molar-refractivity contribution in [1.29, 1.82) is 0 Å². The fourth-order valence-electron chi connectivity index (χ4n) is 3.99. The molecule has 0 aliphatic carbocycles. The molecule has 1 aliphatic heterocycles. The summed E-state index contributed by atoms with van der Waals surface area (Å²) in [7, 11) is 1.43. The van der Waals surface area contributed by atoms with Crippen molar-refractivity contribution in [1.82, 2.24) is 10.2 Å². The maximum atomic E-state index is 13.9. The molecule has 10 nitrogen and oxygen atoms in total. The van der Waals surface area contributed by atoms with E-state index in [0.717, 1.165) is 4.90 Å². The maximum absolute atomic E-state index is 13.9. The molecule has 0 bridgehead atoms. The van der Waals surface area contributed by atoms with Crippen LogP contribution in [-0.4, -0.2) is 89.0 Å². The van der Waals surface area contributed by atoms with Crippen molar-refractivity contribution in [3.05, 3.63) is 65.7 Å². The van der Waals surface area contributed by atoms with E-state index in [1.165, 1.54) is 23.7 Å². The SMILES string of the molecule is CSCC[C@H](NC(=O)CN1C(=O)[C@H](N(C)C(=O)[C@@H](N)CS)N=C(c2ccccc2)c2ccccc21)C(=O)O. The summed E-state index contributed by atoms with van der Waals surface area (Å²) in [6.45, 7) is -0.465.